The van der Waals surface area contributed by atoms with Gasteiger partial charge >= 0.3 is 0 Å². The van der Waals surface area contributed by atoms with E-state index in [1.165, 1.54) is 5.56 Å². The van der Waals surface area contributed by atoms with E-state index in [-0.39, 0.29) is 6.04 Å². The predicted molar refractivity (Wildman–Crippen MR) is 67.9 cm³/mol. The van der Waals surface area contributed by atoms with Crippen LogP contribution in [0.3, 0.4) is 0 Å². The van der Waals surface area contributed by atoms with Crippen molar-refractivity contribution in [1.29, 1.82) is 0 Å². The van der Waals surface area contributed by atoms with Crippen molar-refractivity contribution >= 4 is 0 Å². The monoisotopic (exact) mass is 222 g/mol. The third kappa shape index (κ3) is 2.97. The summed E-state index contributed by atoms with van der Waals surface area (Å²) in [6.45, 7) is 5.10. The molecule has 0 amide bonds. The molecule has 0 saturated heterocycles. The first-order chi connectivity index (χ1) is 7.60. The summed E-state index contributed by atoms with van der Waals surface area (Å²) in [6.07, 6.45) is 0. The zero-order valence-electron chi connectivity index (χ0n) is 10.6. The molecule has 0 aliphatic carbocycles. The van der Waals surface area contributed by atoms with Gasteiger partial charge in [0.25, 0.3) is 0 Å². The molecule has 0 bridgehead atoms. The molecule has 0 aliphatic rings. The number of nitrogens with one attached hydrogen (secondary N) is 1. The minimum Gasteiger partial charge on any atom is -0.496 e. The van der Waals surface area contributed by atoms with Gasteiger partial charge in [0.15, 0.2) is 0 Å². The van der Waals surface area contributed by atoms with Gasteiger partial charge < -0.3 is 15.8 Å². The van der Waals surface area contributed by atoms with Gasteiger partial charge in [0.1, 0.15) is 5.75 Å². The van der Waals surface area contributed by atoms with Crippen LogP contribution in [0.15, 0.2) is 18.2 Å². The molecule has 1 atom stereocenters. The smallest absolute Gasteiger partial charge is 0.122 e. The van der Waals surface area contributed by atoms with Crippen LogP contribution >= 0.6 is 0 Å². The van der Waals surface area contributed by atoms with Gasteiger partial charge in [-0.3, -0.25) is 0 Å². The number of benzene rings is 1. The fourth-order valence-electron chi connectivity index (χ4n) is 1.77. The maximum atomic E-state index is 6.06. The molecule has 1 rings (SSSR count). The summed E-state index contributed by atoms with van der Waals surface area (Å²) in [4.78, 5) is 0. The molecular weight excluding hydrogens is 200 g/mol. The first-order valence-electron chi connectivity index (χ1n) is 5.68. The van der Waals surface area contributed by atoms with Gasteiger partial charge in [0.2, 0.25) is 0 Å². The Labute approximate surface area is 98.0 Å². The van der Waals surface area contributed by atoms with Crippen molar-refractivity contribution in [2.45, 2.75) is 25.8 Å². The average molecular weight is 222 g/mol. The van der Waals surface area contributed by atoms with Gasteiger partial charge in [-0.1, -0.05) is 26.0 Å². The predicted octanol–water partition coefficient (Wildman–Crippen LogP) is 2.04. The van der Waals surface area contributed by atoms with Crippen LogP contribution in [0.4, 0.5) is 0 Å². The Morgan fingerprint density at radius 1 is 1.38 bits per heavy atom. The molecule has 0 fully saturated rings. The Kier molecular flexibility index (Phi) is 4.77. The second-order valence-electron chi connectivity index (χ2n) is 4.32. The maximum Gasteiger partial charge on any atom is 0.122 e. The summed E-state index contributed by atoms with van der Waals surface area (Å²) in [7, 11) is 3.61. The number of rotatable bonds is 5. The molecule has 0 saturated carbocycles. The van der Waals surface area contributed by atoms with E-state index < -0.39 is 0 Å². The van der Waals surface area contributed by atoms with Crippen LogP contribution in [0.25, 0.3) is 0 Å². The van der Waals surface area contributed by atoms with Crippen molar-refractivity contribution in [2.24, 2.45) is 5.73 Å². The molecule has 0 aliphatic heterocycles. The van der Waals surface area contributed by atoms with Gasteiger partial charge in [-0.05, 0) is 30.2 Å². The summed E-state index contributed by atoms with van der Waals surface area (Å²) >= 11 is 0. The SMILES string of the molecule is CNCC(N)c1ccc(OC)c(C(C)C)c1. The van der Waals surface area contributed by atoms with E-state index in [4.69, 9.17) is 10.5 Å². The summed E-state index contributed by atoms with van der Waals surface area (Å²) in [5, 5.41) is 3.09. The molecule has 3 N–H and O–H groups in total. The van der Waals surface area contributed by atoms with Gasteiger partial charge in [0, 0.05) is 12.6 Å². The molecule has 1 unspecified atom stereocenters. The molecule has 90 valence electrons. The number of nitrogens with two attached hydrogens (primary N) is 1. The Balaban J connectivity index is 3.01. The normalized spacial score (nSPS) is 12.9. The molecule has 0 heterocycles. The standard InChI is InChI=1S/C13H22N2O/c1-9(2)11-7-10(12(14)8-15-3)5-6-13(11)16-4/h5-7,9,12,15H,8,14H2,1-4H3. The molecule has 0 radical (unpaired) electrons. The van der Waals surface area contributed by atoms with Gasteiger partial charge in [0.05, 0.1) is 7.11 Å². The van der Waals surface area contributed by atoms with E-state index in [9.17, 15) is 0 Å². The van der Waals surface area contributed by atoms with E-state index in [0.717, 1.165) is 17.9 Å². The largest absolute Gasteiger partial charge is 0.496 e. The Bertz CT molecular complexity index is 337. The Hall–Kier alpha value is -1.06. The van der Waals surface area contributed by atoms with E-state index in [0.29, 0.717) is 5.92 Å². The lowest BCUT2D eigenvalue weighted by molar-refractivity contribution is 0.407. The second-order valence-corrected chi connectivity index (χ2v) is 4.32. The number of likely N-dealkylation sites (N-methyl/N-ethyl adjacent to an activating group) is 1. The number of hydrogen-bond donors (Lipinski definition) is 2. The minimum atomic E-state index is 0.0356. The lowest BCUT2D eigenvalue weighted by Crippen LogP contribution is -2.24. The number of methoxy groups -OCH3 is 1. The third-order valence-corrected chi connectivity index (χ3v) is 2.73. The van der Waals surface area contributed by atoms with Crippen LogP contribution in [-0.4, -0.2) is 20.7 Å². The summed E-state index contributed by atoms with van der Waals surface area (Å²) in [5.41, 5.74) is 8.43. The average Bonchev–Trinajstić information content (AvgIpc) is 2.28. The van der Waals surface area contributed by atoms with E-state index >= 15 is 0 Å². The zero-order chi connectivity index (χ0) is 12.1. The highest BCUT2D eigenvalue weighted by Gasteiger charge is 2.11. The van der Waals surface area contributed by atoms with E-state index in [2.05, 4.69) is 25.2 Å². The van der Waals surface area contributed by atoms with Crippen LogP contribution in [0, 0.1) is 0 Å². The topological polar surface area (TPSA) is 47.3 Å². The Morgan fingerprint density at radius 2 is 2.06 bits per heavy atom. The van der Waals surface area contributed by atoms with E-state index in [1.54, 1.807) is 7.11 Å². The first kappa shape index (κ1) is 13.0. The highest BCUT2D eigenvalue weighted by Crippen LogP contribution is 2.28. The first-order valence-corrected chi connectivity index (χ1v) is 5.68. The van der Waals surface area contributed by atoms with Crippen LogP contribution < -0.4 is 15.8 Å². The van der Waals surface area contributed by atoms with Gasteiger partial charge in [-0.15, -0.1) is 0 Å². The van der Waals surface area contributed by atoms with Crippen LogP contribution in [-0.2, 0) is 0 Å². The molecule has 0 spiro atoms. The molecule has 1 aromatic carbocycles. The fourth-order valence-corrected chi connectivity index (χ4v) is 1.77. The van der Waals surface area contributed by atoms with Gasteiger partial charge in [-0.25, -0.2) is 0 Å². The van der Waals surface area contributed by atoms with Crippen molar-refractivity contribution in [2.75, 3.05) is 20.7 Å². The third-order valence-electron chi connectivity index (χ3n) is 2.73. The zero-order valence-corrected chi connectivity index (χ0v) is 10.6. The van der Waals surface area contributed by atoms with Crippen molar-refractivity contribution in [3.8, 4) is 5.75 Å². The Morgan fingerprint density at radius 3 is 2.56 bits per heavy atom. The van der Waals surface area contributed by atoms with Gasteiger partial charge in [-0.2, -0.15) is 0 Å². The number of hydrogen-bond acceptors (Lipinski definition) is 3. The van der Waals surface area contributed by atoms with Crippen molar-refractivity contribution in [3.05, 3.63) is 29.3 Å². The molecular formula is C13H22N2O. The van der Waals surface area contributed by atoms with Crippen molar-refractivity contribution in [1.82, 2.24) is 5.32 Å². The molecule has 3 heteroatoms. The van der Waals surface area contributed by atoms with Crippen molar-refractivity contribution in [3.63, 3.8) is 0 Å². The summed E-state index contributed by atoms with van der Waals surface area (Å²) < 4.78 is 5.34. The number of ether oxygens (including phenoxy) is 1. The summed E-state index contributed by atoms with van der Waals surface area (Å²) in [5.74, 6) is 1.38. The fraction of sp³-hybridized carbons (Fsp3) is 0.538. The second kappa shape index (κ2) is 5.87. The molecule has 3 nitrogen and oxygen atoms in total. The highest BCUT2D eigenvalue weighted by atomic mass is 16.5. The summed E-state index contributed by atoms with van der Waals surface area (Å²) in [6, 6.07) is 6.21. The molecule has 1 aromatic rings. The molecule has 16 heavy (non-hydrogen) atoms. The molecule has 0 aromatic heterocycles. The van der Waals surface area contributed by atoms with Crippen LogP contribution in [0.5, 0.6) is 5.75 Å². The lowest BCUT2D eigenvalue weighted by Gasteiger charge is -2.17. The minimum absolute atomic E-state index is 0.0356. The quantitative estimate of drug-likeness (QED) is 0.801. The van der Waals surface area contributed by atoms with Crippen molar-refractivity contribution < 1.29 is 4.74 Å². The highest BCUT2D eigenvalue weighted by molar-refractivity contribution is 5.40. The van der Waals surface area contributed by atoms with E-state index in [1.807, 2.05) is 19.2 Å². The lowest BCUT2D eigenvalue weighted by atomic mass is 9.97. The van der Waals surface area contributed by atoms with Crippen LogP contribution in [0.2, 0.25) is 0 Å². The van der Waals surface area contributed by atoms with Crippen LogP contribution in [0.1, 0.15) is 36.9 Å². The maximum absolute atomic E-state index is 6.06.